The molecule has 0 atom stereocenters. The third-order valence-electron chi connectivity index (χ3n) is 5.54. The number of ether oxygens (including phenoxy) is 1. The number of rotatable bonds is 5. The van der Waals surface area contributed by atoms with Crippen LogP contribution < -0.4 is 5.32 Å². The maximum Gasteiger partial charge on any atom is 0.270 e. The zero-order valence-corrected chi connectivity index (χ0v) is 18.9. The van der Waals surface area contributed by atoms with Gasteiger partial charge in [0.1, 0.15) is 5.69 Å². The number of hydrogen-bond acceptors (Lipinski definition) is 6. The molecule has 1 aliphatic rings. The first-order valence-corrected chi connectivity index (χ1v) is 12.2. The van der Waals surface area contributed by atoms with Crippen LogP contribution in [0.15, 0.2) is 47.2 Å². The summed E-state index contributed by atoms with van der Waals surface area (Å²) in [5, 5.41) is 8.32. The largest absolute Gasteiger partial charge is 0.381 e. The van der Waals surface area contributed by atoms with Crippen molar-refractivity contribution < 1.29 is 9.53 Å². The second-order valence-corrected chi connectivity index (χ2v) is 9.77. The van der Waals surface area contributed by atoms with Crippen molar-refractivity contribution in [3.63, 3.8) is 0 Å². The predicted molar refractivity (Wildman–Crippen MR) is 126 cm³/mol. The zero-order chi connectivity index (χ0) is 21.2. The minimum absolute atomic E-state index is 0.101. The third kappa shape index (κ3) is 4.54. The van der Waals surface area contributed by atoms with Gasteiger partial charge in [0.2, 0.25) is 0 Å². The van der Waals surface area contributed by atoms with E-state index in [2.05, 4.69) is 44.9 Å². The number of benzene rings is 1. The molecule has 5 nitrogen and oxygen atoms in total. The maximum absolute atomic E-state index is 12.9. The van der Waals surface area contributed by atoms with Gasteiger partial charge in [-0.25, -0.2) is 9.97 Å². The lowest BCUT2D eigenvalue weighted by atomic mass is 10.0. The molecule has 4 heterocycles. The minimum Gasteiger partial charge on any atom is -0.381 e. The lowest BCUT2D eigenvalue weighted by Crippen LogP contribution is -2.39. The molecule has 0 bridgehead atoms. The number of aryl methyl sites for hydroxylation is 1. The van der Waals surface area contributed by atoms with Gasteiger partial charge in [-0.05, 0) is 54.8 Å². The monoisotopic (exact) mass is 449 g/mol. The van der Waals surface area contributed by atoms with Crippen molar-refractivity contribution in [1.82, 2.24) is 15.3 Å². The number of thiazole rings is 1. The zero-order valence-electron chi connectivity index (χ0n) is 17.3. The predicted octanol–water partition coefficient (Wildman–Crippen LogP) is 5.23. The summed E-state index contributed by atoms with van der Waals surface area (Å²) in [6.07, 6.45) is 2.46. The second-order valence-electron chi connectivity index (χ2n) is 7.79. The van der Waals surface area contributed by atoms with Crippen LogP contribution in [0.25, 0.3) is 21.5 Å². The summed E-state index contributed by atoms with van der Waals surface area (Å²) in [6.45, 7) is 3.42. The van der Waals surface area contributed by atoms with E-state index in [1.165, 1.54) is 5.56 Å². The number of thiophene rings is 1. The van der Waals surface area contributed by atoms with Gasteiger partial charge in [0.15, 0.2) is 0 Å². The van der Waals surface area contributed by atoms with Crippen molar-refractivity contribution in [3.8, 4) is 11.3 Å². The van der Waals surface area contributed by atoms with Crippen LogP contribution in [0.5, 0.6) is 0 Å². The molecule has 4 aromatic rings. The lowest BCUT2D eigenvalue weighted by Gasteiger charge is -2.23. The number of nitrogens with zero attached hydrogens (tertiary/aromatic N) is 2. The molecule has 1 N–H and O–H groups in total. The molecule has 0 saturated carbocycles. The van der Waals surface area contributed by atoms with Crippen LogP contribution in [0.4, 0.5) is 0 Å². The summed E-state index contributed by atoms with van der Waals surface area (Å²) < 4.78 is 6.53. The molecule has 7 heteroatoms. The van der Waals surface area contributed by atoms with Gasteiger partial charge in [0.25, 0.3) is 5.91 Å². The Morgan fingerprint density at radius 3 is 2.68 bits per heavy atom. The summed E-state index contributed by atoms with van der Waals surface area (Å²) in [5.41, 5.74) is 5.85. The number of fused-ring (bicyclic) bond motifs is 1. The van der Waals surface area contributed by atoms with Gasteiger partial charge in [-0.1, -0.05) is 24.3 Å². The third-order valence-corrected chi connectivity index (χ3v) is 7.29. The molecule has 31 heavy (non-hydrogen) atoms. The smallest absolute Gasteiger partial charge is 0.270 e. The van der Waals surface area contributed by atoms with Crippen molar-refractivity contribution in [3.05, 3.63) is 69.0 Å². The minimum atomic E-state index is -0.101. The van der Waals surface area contributed by atoms with Crippen molar-refractivity contribution in [2.24, 2.45) is 0 Å². The van der Waals surface area contributed by atoms with Crippen LogP contribution in [0.1, 0.15) is 39.5 Å². The van der Waals surface area contributed by atoms with Gasteiger partial charge < -0.3 is 10.1 Å². The quantitative estimate of drug-likeness (QED) is 0.453. The second kappa shape index (κ2) is 8.86. The average Bonchev–Trinajstić information content (AvgIpc) is 3.44. The Kier molecular flexibility index (Phi) is 5.80. The van der Waals surface area contributed by atoms with Gasteiger partial charge in [0, 0.05) is 30.2 Å². The molecule has 1 saturated heterocycles. The molecule has 1 aliphatic heterocycles. The van der Waals surface area contributed by atoms with Gasteiger partial charge in [-0.15, -0.1) is 22.7 Å². The highest BCUT2D eigenvalue weighted by Gasteiger charge is 2.19. The first-order valence-electron chi connectivity index (χ1n) is 10.4. The van der Waals surface area contributed by atoms with E-state index < -0.39 is 0 Å². The summed E-state index contributed by atoms with van der Waals surface area (Å²) in [5.74, 6) is -0.101. The Morgan fingerprint density at radius 2 is 1.94 bits per heavy atom. The van der Waals surface area contributed by atoms with E-state index in [1.807, 2.05) is 24.4 Å². The van der Waals surface area contributed by atoms with Gasteiger partial charge in [-0.2, -0.15) is 0 Å². The van der Waals surface area contributed by atoms with E-state index in [4.69, 9.17) is 4.74 Å². The summed E-state index contributed by atoms with van der Waals surface area (Å²) >= 11 is 3.34. The van der Waals surface area contributed by atoms with Crippen molar-refractivity contribution >= 4 is 38.8 Å². The fourth-order valence-corrected chi connectivity index (χ4v) is 5.35. The molecule has 1 amide bonds. The first-order chi connectivity index (χ1) is 15.2. The molecule has 0 unspecified atom stereocenters. The van der Waals surface area contributed by atoms with Gasteiger partial charge in [0.05, 0.1) is 20.9 Å². The number of hydrogen-bond donors (Lipinski definition) is 1. The van der Waals surface area contributed by atoms with E-state index in [-0.39, 0.29) is 11.9 Å². The number of carbonyl (C=O) groups excluding carboxylic acids is 1. The molecule has 0 spiro atoms. The molecule has 0 radical (unpaired) electrons. The SMILES string of the molecule is Cc1nc(-c2ccc(Cc3cc(C(=O)NC4CCOCC4)nc4ccsc34)cc2)cs1. The van der Waals surface area contributed by atoms with Crippen LogP contribution in [-0.2, 0) is 11.2 Å². The van der Waals surface area contributed by atoms with E-state index in [0.717, 1.165) is 51.3 Å². The van der Waals surface area contributed by atoms with E-state index in [9.17, 15) is 4.79 Å². The normalized spacial score (nSPS) is 14.7. The molecular formula is C24H23N3O2S2. The van der Waals surface area contributed by atoms with Gasteiger partial charge in [-0.3, -0.25) is 4.79 Å². The summed E-state index contributed by atoms with van der Waals surface area (Å²) in [7, 11) is 0. The Bertz CT molecular complexity index is 1210. The fourth-order valence-electron chi connectivity index (χ4n) is 3.88. The fraction of sp³-hybridized carbons (Fsp3) is 0.292. The van der Waals surface area contributed by atoms with Crippen LogP contribution in [0.2, 0.25) is 0 Å². The number of nitrogens with one attached hydrogen (secondary N) is 1. The van der Waals surface area contributed by atoms with E-state index in [0.29, 0.717) is 18.9 Å². The number of amides is 1. The maximum atomic E-state index is 12.9. The molecule has 158 valence electrons. The number of pyridine rings is 1. The molecule has 3 aromatic heterocycles. The highest BCUT2D eigenvalue weighted by Crippen LogP contribution is 2.28. The average molecular weight is 450 g/mol. The van der Waals surface area contributed by atoms with Crippen LogP contribution in [0, 0.1) is 6.92 Å². The lowest BCUT2D eigenvalue weighted by molar-refractivity contribution is 0.0694. The topological polar surface area (TPSA) is 64.1 Å². The van der Waals surface area contributed by atoms with Crippen molar-refractivity contribution in [2.45, 2.75) is 32.2 Å². The molecule has 5 rings (SSSR count). The van der Waals surface area contributed by atoms with Crippen LogP contribution in [-0.4, -0.2) is 35.1 Å². The van der Waals surface area contributed by atoms with E-state index in [1.54, 1.807) is 22.7 Å². The number of carbonyl (C=O) groups is 1. The van der Waals surface area contributed by atoms with Crippen LogP contribution in [0.3, 0.4) is 0 Å². The Labute approximate surface area is 189 Å². The molecule has 1 fully saturated rings. The summed E-state index contributed by atoms with van der Waals surface area (Å²) in [4.78, 5) is 22.1. The van der Waals surface area contributed by atoms with E-state index >= 15 is 0 Å². The van der Waals surface area contributed by atoms with Gasteiger partial charge >= 0.3 is 0 Å². The van der Waals surface area contributed by atoms with Crippen LogP contribution >= 0.6 is 22.7 Å². The Morgan fingerprint density at radius 1 is 1.13 bits per heavy atom. The molecule has 1 aromatic carbocycles. The molecular weight excluding hydrogens is 426 g/mol. The summed E-state index contributed by atoms with van der Waals surface area (Å²) in [6, 6.07) is 12.6. The highest BCUT2D eigenvalue weighted by atomic mass is 32.1. The Balaban J connectivity index is 1.38. The molecule has 0 aliphatic carbocycles. The highest BCUT2D eigenvalue weighted by molar-refractivity contribution is 7.17. The standard InChI is InChI=1S/C24H23N3O2S2/c1-15-25-22(14-31-15)17-4-2-16(3-5-17)12-18-13-21(27-20-8-11-30-23(18)20)24(28)26-19-6-9-29-10-7-19/h2-5,8,11,13-14,19H,6-7,9-10,12H2,1H3,(H,26,28). The Hall–Kier alpha value is -2.61. The first kappa shape index (κ1) is 20.3. The number of aromatic nitrogens is 2. The van der Waals surface area contributed by atoms with Crippen molar-refractivity contribution in [1.29, 1.82) is 0 Å². The van der Waals surface area contributed by atoms with Crippen molar-refractivity contribution in [2.75, 3.05) is 13.2 Å².